The molecule has 2 aromatic rings. The molecule has 18 heavy (non-hydrogen) atoms. The van der Waals surface area contributed by atoms with E-state index in [1.165, 1.54) is 0 Å². The zero-order valence-corrected chi connectivity index (χ0v) is 10.8. The summed E-state index contributed by atoms with van der Waals surface area (Å²) >= 11 is 0. The van der Waals surface area contributed by atoms with Crippen LogP contribution in [0.25, 0.3) is 10.9 Å². The van der Waals surface area contributed by atoms with Crippen LogP contribution in [0.15, 0.2) is 30.6 Å². The van der Waals surface area contributed by atoms with Crippen LogP contribution in [0.4, 0.5) is 5.82 Å². The van der Waals surface area contributed by atoms with E-state index < -0.39 is 0 Å². The minimum absolute atomic E-state index is 0.0308. The van der Waals surface area contributed by atoms with E-state index in [-0.39, 0.29) is 12.6 Å². The zero-order valence-electron chi connectivity index (χ0n) is 10.8. The first kappa shape index (κ1) is 12.8. The minimum atomic E-state index is 0.0308. The van der Waals surface area contributed by atoms with Crippen LogP contribution in [0.5, 0.6) is 0 Å². The van der Waals surface area contributed by atoms with Gasteiger partial charge in [-0.1, -0.05) is 26.0 Å². The van der Waals surface area contributed by atoms with Crippen LogP contribution >= 0.6 is 0 Å². The molecule has 1 heterocycles. The molecule has 0 saturated heterocycles. The van der Waals surface area contributed by atoms with Crippen LogP contribution in [0.1, 0.15) is 20.3 Å². The van der Waals surface area contributed by atoms with Gasteiger partial charge in [0.15, 0.2) is 0 Å². The highest BCUT2D eigenvalue weighted by molar-refractivity contribution is 5.88. The Kier molecular flexibility index (Phi) is 4.10. The van der Waals surface area contributed by atoms with E-state index in [4.69, 9.17) is 0 Å². The molecule has 0 fully saturated rings. The highest BCUT2D eigenvalue weighted by atomic mass is 16.3. The lowest BCUT2D eigenvalue weighted by Crippen LogP contribution is -2.26. The van der Waals surface area contributed by atoms with E-state index in [1.54, 1.807) is 6.33 Å². The van der Waals surface area contributed by atoms with Gasteiger partial charge in [0, 0.05) is 5.39 Å². The van der Waals surface area contributed by atoms with Crippen molar-refractivity contribution in [2.45, 2.75) is 26.3 Å². The number of nitrogens with zero attached hydrogens (tertiary/aromatic N) is 2. The largest absolute Gasteiger partial charge is 0.394 e. The number of rotatable bonds is 5. The van der Waals surface area contributed by atoms with E-state index >= 15 is 0 Å². The first-order valence-corrected chi connectivity index (χ1v) is 6.28. The summed E-state index contributed by atoms with van der Waals surface area (Å²) < 4.78 is 0. The summed E-state index contributed by atoms with van der Waals surface area (Å²) in [5, 5.41) is 13.7. The smallest absolute Gasteiger partial charge is 0.137 e. The molecule has 1 aromatic heterocycles. The van der Waals surface area contributed by atoms with Gasteiger partial charge >= 0.3 is 0 Å². The first-order chi connectivity index (χ1) is 8.70. The van der Waals surface area contributed by atoms with Crippen molar-refractivity contribution in [3.05, 3.63) is 30.6 Å². The molecule has 4 nitrogen and oxygen atoms in total. The predicted molar refractivity (Wildman–Crippen MR) is 73.5 cm³/mol. The predicted octanol–water partition coefficient (Wildman–Crippen LogP) is 2.45. The highest BCUT2D eigenvalue weighted by Gasteiger charge is 2.12. The van der Waals surface area contributed by atoms with Crippen molar-refractivity contribution in [3.8, 4) is 0 Å². The Balaban J connectivity index is 2.25. The fourth-order valence-electron chi connectivity index (χ4n) is 2.06. The van der Waals surface area contributed by atoms with Gasteiger partial charge in [0.25, 0.3) is 0 Å². The Morgan fingerprint density at radius 1 is 1.22 bits per heavy atom. The second kappa shape index (κ2) is 5.78. The van der Waals surface area contributed by atoms with Gasteiger partial charge < -0.3 is 10.4 Å². The number of benzene rings is 1. The summed E-state index contributed by atoms with van der Waals surface area (Å²) in [4.78, 5) is 8.49. The molecule has 1 atom stereocenters. The van der Waals surface area contributed by atoms with Crippen LogP contribution in [-0.4, -0.2) is 27.7 Å². The van der Waals surface area contributed by atoms with Crippen LogP contribution in [0.3, 0.4) is 0 Å². The van der Waals surface area contributed by atoms with Gasteiger partial charge in [-0.2, -0.15) is 0 Å². The van der Waals surface area contributed by atoms with Gasteiger partial charge in [-0.3, -0.25) is 0 Å². The van der Waals surface area contributed by atoms with E-state index in [0.717, 1.165) is 23.1 Å². The Morgan fingerprint density at radius 2 is 2.00 bits per heavy atom. The third-order valence-electron chi connectivity index (χ3n) is 2.86. The molecule has 0 radical (unpaired) electrons. The lowest BCUT2D eigenvalue weighted by molar-refractivity contribution is 0.259. The number of hydrogen-bond donors (Lipinski definition) is 2. The minimum Gasteiger partial charge on any atom is -0.394 e. The average Bonchev–Trinajstić information content (AvgIpc) is 2.38. The molecule has 2 rings (SSSR count). The molecule has 1 unspecified atom stereocenters. The molecule has 0 saturated carbocycles. The van der Waals surface area contributed by atoms with E-state index in [0.29, 0.717) is 5.92 Å². The number of aliphatic hydroxyl groups is 1. The molecule has 0 bridgehead atoms. The van der Waals surface area contributed by atoms with Crippen molar-refractivity contribution in [2.24, 2.45) is 5.92 Å². The fourth-order valence-corrected chi connectivity index (χ4v) is 2.06. The third-order valence-corrected chi connectivity index (χ3v) is 2.86. The molecule has 4 heteroatoms. The quantitative estimate of drug-likeness (QED) is 0.849. The molecule has 0 spiro atoms. The molecule has 1 aromatic carbocycles. The van der Waals surface area contributed by atoms with Gasteiger partial charge in [-0.25, -0.2) is 9.97 Å². The van der Waals surface area contributed by atoms with Crippen molar-refractivity contribution in [2.75, 3.05) is 11.9 Å². The maximum absolute atomic E-state index is 9.40. The van der Waals surface area contributed by atoms with Crippen molar-refractivity contribution in [3.63, 3.8) is 0 Å². The molecule has 0 aliphatic heterocycles. The number of para-hydroxylation sites is 1. The second-order valence-electron chi connectivity index (χ2n) is 4.89. The van der Waals surface area contributed by atoms with Crippen molar-refractivity contribution in [1.82, 2.24) is 9.97 Å². The van der Waals surface area contributed by atoms with Gasteiger partial charge in [0.05, 0.1) is 18.2 Å². The van der Waals surface area contributed by atoms with Crippen LogP contribution in [0, 0.1) is 5.92 Å². The highest BCUT2D eigenvalue weighted by Crippen LogP contribution is 2.20. The molecule has 96 valence electrons. The SMILES string of the molecule is CC(C)CC(CO)Nc1ncnc2ccccc12. The van der Waals surface area contributed by atoms with E-state index in [9.17, 15) is 5.11 Å². The Morgan fingerprint density at radius 3 is 2.72 bits per heavy atom. The first-order valence-electron chi connectivity index (χ1n) is 6.28. The van der Waals surface area contributed by atoms with Gasteiger partial charge in [-0.15, -0.1) is 0 Å². The van der Waals surface area contributed by atoms with Gasteiger partial charge in [0.1, 0.15) is 12.1 Å². The maximum atomic E-state index is 9.40. The van der Waals surface area contributed by atoms with Crippen molar-refractivity contribution in [1.29, 1.82) is 0 Å². The lowest BCUT2D eigenvalue weighted by atomic mass is 10.0. The van der Waals surface area contributed by atoms with Crippen molar-refractivity contribution >= 4 is 16.7 Å². The maximum Gasteiger partial charge on any atom is 0.137 e. The number of anilines is 1. The Bertz CT molecular complexity index is 508. The van der Waals surface area contributed by atoms with E-state index in [1.807, 2.05) is 24.3 Å². The second-order valence-corrected chi connectivity index (χ2v) is 4.89. The summed E-state index contributed by atoms with van der Waals surface area (Å²) in [7, 11) is 0. The average molecular weight is 245 g/mol. The molecule has 2 N–H and O–H groups in total. The fraction of sp³-hybridized carbons (Fsp3) is 0.429. The van der Waals surface area contributed by atoms with Gasteiger partial charge in [0.2, 0.25) is 0 Å². The standard InChI is InChI=1S/C14H19N3O/c1-10(2)7-11(8-18)17-14-12-5-3-4-6-13(12)15-9-16-14/h3-6,9-11,18H,7-8H2,1-2H3,(H,15,16,17). The molecular formula is C14H19N3O. The lowest BCUT2D eigenvalue weighted by Gasteiger charge is -2.19. The molecular weight excluding hydrogens is 226 g/mol. The normalized spacial score (nSPS) is 12.9. The third kappa shape index (κ3) is 2.96. The number of aromatic nitrogens is 2. The molecule has 0 aliphatic rings. The zero-order chi connectivity index (χ0) is 13.0. The van der Waals surface area contributed by atoms with Crippen LogP contribution in [-0.2, 0) is 0 Å². The van der Waals surface area contributed by atoms with Crippen LogP contribution < -0.4 is 5.32 Å². The topological polar surface area (TPSA) is 58.0 Å². The number of aliphatic hydroxyl groups excluding tert-OH is 1. The van der Waals surface area contributed by atoms with Crippen molar-refractivity contribution < 1.29 is 5.11 Å². The summed E-state index contributed by atoms with van der Waals surface area (Å²) in [6, 6.07) is 7.90. The van der Waals surface area contributed by atoms with Crippen LogP contribution in [0.2, 0.25) is 0 Å². The molecule has 0 aliphatic carbocycles. The molecule has 0 amide bonds. The monoisotopic (exact) mass is 245 g/mol. The summed E-state index contributed by atoms with van der Waals surface area (Å²) in [6.45, 7) is 4.39. The summed E-state index contributed by atoms with van der Waals surface area (Å²) in [6.07, 6.45) is 2.46. The number of fused-ring (bicyclic) bond motifs is 1. The Hall–Kier alpha value is -1.68. The number of hydrogen-bond acceptors (Lipinski definition) is 4. The summed E-state index contributed by atoms with van der Waals surface area (Å²) in [5.74, 6) is 1.32. The number of nitrogens with one attached hydrogen (secondary N) is 1. The van der Waals surface area contributed by atoms with Gasteiger partial charge in [-0.05, 0) is 24.5 Å². The Labute approximate surface area is 107 Å². The van der Waals surface area contributed by atoms with E-state index in [2.05, 4.69) is 29.1 Å². The summed E-state index contributed by atoms with van der Waals surface area (Å²) in [5.41, 5.74) is 0.913.